The zero-order valence-corrected chi connectivity index (χ0v) is 27.7. The molecular weight excluding hydrogens is 480 g/mol. The highest BCUT2D eigenvalue weighted by Gasteiger charge is 2.28. The van der Waals surface area contributed by atoms with E-state index in [-0.39, 0.29) is 17.4 Å². The number of hydrogen-bond donors (Lipinski definition) is 0. The van der Waals surface area contributed by atoms with Crippen LogP contribution in [0.2, 0.25) is 0 Å². The third-order valence-electron chi connectivity index (χ3n) is 5.32. The number of hydrogen-bond acceptors (Lipinski definition) is 6. The number of carbonyl (C=O) groups is 2. The second kappa shape index (κ2) is 17.5. The Balaban J connectivity index is 0. The predicted octanol–water partition coefficient (Wildman–Crippen LogP) is 9.93. The average Bonchev–Trinajstić information content (AvgIpc) is 2.67. The maximum Gasteiger partial charge on any atom is 0.342 e. The fourth-order valence-electron chi connectivity index (χ4n) is 3.92. The van der Waals surface area contributed by atoms with Crippen molar-refractivity contribution in [1.29, 1.82) is 0 Å². The van der Waals surface area contributed by atoms with Crippen LogP contribution in [0, 0.1) is 16.2 Å². The lowest BCUT2D eigenvalue weighted by Crippen LogP contribution is -2.31. The minimum atomic E-state index is -0.444. The molecule has 0 saturated heterocycles. The molecule has 0 bridgehead atoms. The van der Waals surface area contributed by atoms with Crippen molar-refractivity contribution >= 4 is 11.9 Å². The lowest BCUT2D eigenvalue weighted by molar-refractivity contribution is -0.329. The van der Waals surface area contributed by atoms with E-state index in [4.69, 9.17) is 19.6 Å². The van der Waals surface area contributed by atoms with Gasteiger partial charge in [-0.2, -0.15) is 9.78 Å². The second-order valence-electron chi connectivity index (χ2n) is 15.9. The standard InChI is InChI=1S/C18H36O3.C14H28O3/c1-16(2,3)13-11-9-10-12-15(19)20-21-18(7,8)14-17(4,5)6;1-13(2,3)11-9-7-8-10-12(15)16-17-14(4,5)6/h9-14H2,1-8H3;7-11H2,1-6H3. The van der Waals surface area contributed by atoms with E-state index < -0.39 is 11.2 Å². The van der Waals surface area contributed by atoms with Gasteiger partial charge in [-0.1, -0.05) is 88.0 Å². The molecule has 38 heavy (non-hydrogen) atoms. The van der Waals surface area contributed by atoms with Crippen LogP contribution in [0.3, 0.4) is 0 Å². The van der Waals surface area contributed by atoms with Crippen molar-refractivity contribution < 1.29 is 29.1 Å². The number of carbonyl (C=O) groups excluding carboxylic acids is 2. The minimum absolute atomic E-state index is 0.142. The van der Waals surface area contributed by atoms with E-state index >= 15 is 0 Å². The normalized spacial score (nSPS) is 13.0. The molecule has 0 spiro atoms. The molecule has 0 fully saturated rings. The summed E-state index contributed by atoms with van der Waals surface area (Å²) in [7, 11) is 0. The summed E-state index contributed by atoms with van der Waals surface area (Å²) in [5.41, 5.74) is 0.0291. The summed E-state index contributed by atoms with van der Waals surface area (Å²) in [5.74, 6) is -0.525. The summed E-state index contributed by atoms with van der Waals surface area (Å²) >= 11 is 0. The molecule has 228 valence electrons. The summed E-state index contributed by atoms with van der Waals surface area (Å²) in [5, 5.41) is 0. The molecule has 6 nitrogen and oxygen atoms in total. The quantitative estimate of drug-likeness (QED) is 0.123. The fraction of sp³-hybridized carbons (Fsp3) is 0.938. The van der Waals surface area contributed by atoms with E-state index in [1.54, 1.807) is 0 Å². The Morgan fingerprint density at radius 3 is 1.16 bits per heavy atom. The number of unbranched alkanes of at least 4 members (excludes halogenated alkanes) is 4. The molecule has 0 saturated carbocycles. The average molecular weight is 545 g/mol. The Labute approximate surface area is 236 Å². The van der Waals surface area contributed by atoms with Gasteiger partial charge in [0.2, 0.25) is 0 Å². The Hall–Kier alpha value is -1.14. The van der Waals surface area contributed by atoms with Gasteiger partial charge in [-0.25, -0.2) is 9.59 Å². The summed E-state index contributed by atoms with van der Waals surface area (Å²) in [6, 6.07) is 0. The van der Waals surface area contributed by atoms with Crippen LogP contribution in [0.1, 0.15) is 168 Å². The maximum atomic E-state index is 11.7. The van der Waals surface area contributed by atoms with Gasteiger partial charge in [0, 0.05) is 12.8 Å². The van der Waals surface area contributed by atoms with Gasteiger partial charge in [0.05, 0.1) is 0 Å². The molecule has 0 aromatic heterocycles. The molecule has 0 aliphatic heterocycles. The molecule has 0 aliphatic rings. The summed E-state index contributed by atoms with van der Waals surface area (Å²) < 4.78 is 0. The first-order chi connectivity index (χ1) is 16.9. The third-order valence-corrected chi connectivity index (χ3v) is 5.32. The van der Waals surface area contributed by atoms with Gasteiger partial charge in [0.15, 0.2) is 0 Å². The first kappa shape index (κ1) is 39.0. The smallest absolute Gasteiger partial charge is 0.298 e. The van der Waals surface area contributed by atoms with Gasteiger partial charge in [-0.15, -0.1) is 0 Å². The van der Waals surface area contributed by atoms with Gasteiger partial charge in [-0.3, -0.25) is 9.78 Å². The van der Waals surface area contributed by atoms with E-state index in [2.05, 4.69) is 62.3 Å². The van der Waals surface area contributed by atoms with Crippen molar-refractivity contribution in [3.63, 3.8) is 0 Å². The van der Waals surface area contributed by atoms with Gasteiger partial charge in [-0.05, 0) is 83.0 Å². The molecule has 0 atom stereocenters. The Bertz CT molecular complexity index is 639. The minimum Gasteiger partial charge on any atom is -0.298 e. The molecule has 0 rings (SSSR count). The molecule has 0 heterocycles. The van der Waals surface area contributed by atoms with Crippen molar-refractivity contribution in [2.24, 2.45) is 16.2 Å². The second-order valence-corrected chi connectivity index (χ2v) is 15.9. The fourth-order valence-corrected chi connectivity index (χ4v) is 3.92. The van der Waals surface area contributed by atoms with Gasteiger partial charge in [0.1, 0.15) is 11.2 Å². The summed E-state index contributed by atoms with van der Waals surface area (Å²) in [6.07, 6.45) is 10.3. The lowest BCUT2D eigenvalue weighted by atomic mass is 9.84. The molecule has 6 heteroatoms. The van der Waals surface area contributed by atoms with Crippen molar-refractivity contribution in [1.82, 2.24) is 0 Å². The SMILES string of the molecule is CC(C)(C)CCCCCC(=O)OOC(C)(C)C.CC(C)(C)CCCCCC(=O)OOC(C)(C)CC(C)(C)C. The Morgan fingerprint density at radius 1 is 0.474 bits per heavy atom. The van der Waals surface area contributed by atoms with E-state index in [1.807, 2.05) is 34.6 Å². The zero-order chi connectivity index (χ0) is 30.3. The van der Waals surface area contributed by atoms with E-state index in [9.17, 15) is 9.59 Å². The molecule has 0 N–H and O–H groups in total. The summed E-state index contributed by atoms with van der Waals surface area (Å²) in [6.45, 7) is 29.3. The largest absolute Gasteiger partial charge is 0.342 e. The molecule has 0 aromatic rings. The highest BCUT2D eigenvalue weighted by Crippen LogP contribution is 2.30. The molecular formula is C32H64O6. The predicted molar refractivity (Wildman–Crippen MR) is 157 cm³/mol. The van der Waals surface area contributed by atoms with Gasteiger partial charge >= 0.3 is 11.9 Å². The summed E-state index contributed by atoms with van der Waals surface area (Å²) in [4.78, 5) is 42.9. The maximum absolute atomic E-state index is 11.7. The molecule has 0 radical (unpaired) electrons. The van der Waals surface area contributed by atoms with Gasteiger partial charge < -0.3 is 0 Å². The van der Waals surface area contributed by atoms with E-state index in [1.165, 1.54) is 12.8 Å². The van der Waals surface area contributed by atoms with Crippen molar-refractivity contribution in [3.8, 4) is 0 Å². The third kappa shape index (κ3) is 32.9. The molecule has 0 unspecified atom stereocenters. The van der Waals surface area contributed by atoms with Crippen LogP contribution in [0.25, 0.3) is 0 Å². The van der Waals surface area contributed by atoms with Crippen LogP contribution in [-0.4, -0.2) is 23.1 Å². The van der Waals surface area contributed by atoms with Crippen LogP contribution in [0.5, 0.6) is 0 Å². The Kier molecular flexibility index (Phi) is 18.0. The monoisotopic (exact) mass is 544 g/mol. The topological polar surface area (TPSA) is 71.1 Å². The molecule has 0 aliphatic carbocycles. The van der Waals surface area contributed by atoms with Crippen molar-refractivity contribution in [3.05, 3.63) is 0 Å². The highest BCUT2D eigenvalue weighted by molar-refractivity contribution is 5.68. The van der Waals surface area contributed by atoms with E-state index in [0.717, 1.165) is 44.9 Å². The first-order valence-corrected chi connectivity index (χ1v) is 14.7. The van der Waals surface area contributed by atoms with Crippen LogP contribution in [0.15, 0.2) is 0 Å². The first-order valence-electron chi connectivity index (χ1n) is 14.7. The molecule has 0 aromatic carbocycles. The van der Waals surface area contributed by atoms with Gasteiger partial charge in [0.25, 0.3) is 0 Å². The highest BCUT2D eigenvalue weighted by atomic mass is 17.2. The Morgan fingerprint density at radius 2 is 0.842 bits per heavy atom. The zero-order valence-electron chi connectivity index (χ0n) is 27.7. The van der Waals surface area contributed by atoms with Crippen LogP contribution in [-0.2, 0) is 29.1 Å². The van der Waals surface area contributed by atoms with Crippen LogP contribution < -0.4 is 0 Å². The van der Waals surface area contributed by atoms with E-state index in [0.29, 0.717) is 23.7 Å². The van der Waals surface area contributed by atoms with Crippen molar-refractivity contribution in [2.75, 3.05) is 0 Å². The lowest BCUT2D eigenvalue weighted by Gasteiger charge is -2.30. The molecule has 0 amide bonds. The number of rotatable bonds is 14. The van der Waals surface area contributed by atoms with Crippen LogP contribution in [0.4, 0.5) is 0 Å². The van der Waals surface area contributed by atoms with Crippen molar-refractivity contribution in [2.45, 2.75) is 179 Å². The van der Waals surface area contributed by atoms with Crippen LogP contribution >= 0.6 is 0 Å².